The summed E-state index contributed by atoms with van der Waals surface area (Å²) in [6.45, 7) is 4.06. The van der Waals surface area contributed by atoms with Crippen molar-refractivity contribution in [2.24, 2.45) is 5.92 Å². The van der Waals surface area contributed by atoms with Gasteiger partial charge in [-0.1, -0.05) is 23.7 Å². The number of nitrogens with one attached hydrogen (secondary N) is 2. The summed E-state index contributed by atoms with van der Waals surface area (Å²) in [5.41, 5.74) is 2.34. The number of ether oxygens (including phenoxy) is 1. The van der Waals surface area contributed by atoms with Crippen LogP contribution in [0.25, 0.3) is 5.69 Å². The predicted molar refractivity (Wildman–Crippen MR) is 155 cm³/mol. The Balaban J connectivity index is 1.22. The SMILES string of the molecule is Cc1c(OC(=O)NCCC2CCN(c3ccncc3)CC2)nn(-c2ccc(F)cc2)c1NC(=O)c1ccccc1Cl. The Morgan fingerprint density at radius 3 is 2.44 bits per heavy atom. The van der Waals surface area contributed by atoms with Crippen LogP contribution >= 0.6 is 11.6 Å². The van der Waals surface area contributed by atoms with Crippen LogP contribution in [0.3, 0.4) is 0 Å². The molecule has 2 aromatic carbocycles. The molecule has 2 amide bonds. The summed E-state index contributed by atoms with van der Waals surface area (Å²) >= 11 is 6.21. The van der Waals surface area contributed by atoms with Crippen LogP contribution in [-0.4, -0.2) is 46.4 Å². The molecule has 2 N–H and O–H groups in total. The Kier molecular flexibility index (Phi) is 8.79. The monoisotopic (exact) mass is 576 g/mol. The smallest absolute Gasteiger partial charge is 0.389 e. The molecule has 4 aromatic rings. The number of carbonyl (C=O) groups is 2. The Hall–Kier alpha value is -4.44. The Morgan fingerprint density at radius 1 is 1.02 bits per heavy atom. The number of rotatable bonds is 8. The molecule has 11 heteroatoms. The molecule has 1 aliphatic heterocycles. The van der Waals surface area contributed by atoms with Gasteiger partial charge in [-0.05, 0) is 80.6 Å². The van der Waals surface area contributed by atoms with Crippen LogP contribution in [0.15, 0.2) is 73.1 Å². The van der Waals surface area contributed by atoms with Gasteiger partial charge in [-0.15, -0.1) is 5.10 Å². The first kappa shape index (κ1) is 28.1. The number of piperidine rings is 1. The normalized spacial score (nSPS) is 13.6. The Morgan fingerprint density at radius 2 is 1.73 bits per heavy atom. The fraction of sp³-hybridized carbons (Fsp3) is 0.267. The van der Waals surface area contributed by atoms with Gasteiger partial charge in [0.05, 0.1) is 21.8 Å². The van der Waals surface area contributed by atoms with E-state index in [-0.39, 0.29) is 22.3 Å². The van der Waals surface area contributed by atoms with Crippen LogP contribution in [0.5, 0.6) is 5.88 Å². The molecule has 0 aliphatic carbocycles. The zero-order valence-corrected chi connectivity index (χ0v) is 23.3. The summed E-state index contributed by atoms with van der Waals surface area (Å²) < 4.78 is 20.5. The highest BCUT2D eigenvalue weighted by Gasteiger charge is 2.23. The largest absolute Gasteiger partial charge is 0.414 e. The second kappa shape index (κ2) is 12.8. The van der Waals surface area contributed by atoms with Gasteiger partial charge < -0.3 is 20.3 Å². The molecule has 0 radical (unpaired) electrons. The van der Waals surface area contributed by atoms with Gasteiger partial charge in [0.15, 0.2) is 0 Å². The van der Waals surface area contributed by atoms with Gasteiger partial charge in [-0.25, -0.2) is 13.9 Å². The average molecular weight is 577 g/mol. The van der Waals surface area contributed by atoms with E-state index < -0.39 is 17.8 Å². The summed E-state index contributed by atoms with van der Waals surface area (Å²) in [6, 6.07) is 16.3. The maximum absolute atomic E-state index is 13.6. The van der Waals surface area contributed by atoms with E-state index in [4.69, 9.17) is 16.3 Å². The van der Waals surface area contributed by atoms with Crippen molar-refractivity contribution in [1.82, 2.24) is 20.1 Å². The number of amides is 2. The average Bonchev–Trinajstić information content (AvgIpc) is 3.28. The second-order valence-corrected chi connectivity index (χ2v) is 10.2. The molecular weight excluding hydrogens is 547 g/mol. The van der Waals surface area contributed by atoms with Gasteiger partial charge >= 0.3 is 6.09 Å². The molecule has 0 bridgehead atoms. The number of carbonyl (C=O) groups excluding carboxylic acids is 2. The molecule has 1 saturated heterocycles. The van der Waals surface area contributed by atoms with Crippen LogP contribution in [0.2, 0.25) is 5.02 Å². The van der Waals surface area contributed by atoms with E-state index in [0.717, 1.165) is 32.4 Å². The third kappa shape index (κ3) is 6.83. The third-order valence-electron chi connectivity index (χ3n) is 7.15. The van der Waals surface area contributed by atoms with E-state index in [0.29, 0.717) is 23.7 Å². The molecule has 9 nitrogen and oxygen atoms in total. The van der Waals surface area contributed by atoms with Gasteiger partial charge in [-0.3, -0.25) is 9.78 Å². The summed E-state index contributed by atoms with van der Waals surface area (Å²) in [4.78, 5) is 32.1. The molecule has 0 atom stereocenters. The molecule has 1 fully saturated rings. The molecule has 5 rings (SSSR count). The van der Waals surface area contributed by atoms with Crippen molar-refractivity contribution < 1.29 is 18.7 Å². The lowest BCUT2D eigenvalue weighted by Gasteiger charge is -2.33. The molecule has 1 aliphatic rings. The fourth-order valence-corrected chi connectivity index (χ4v) is 5.07. The number of aromatic nitrogens is 3. The zero-order chi connectivity index (χ0) is 28.8. The Labute approximate surface area is 242 Å². The lowest BCUT2D eigenvalue weighted by Crippen LogP contribution is -2.35. The maximum atomic E-state index is 13.6. The number of pyridine rings is 1. The minimum Gasteiger partial charge on any atom is -0.389 e. The van der Waals surface area contributed by atoms with Crippen molar-refractivity contribution in [3.05, 3.63) is 95.0 Å². The van der Waals surface area contributed by atoms with Gasteiger partial charge in [0.2, 0.25) is 5.88 Å². The number of benzene rings is 2. The minimum atomic E-state index is -0.643. The quantitative estimate of drug-likeness (QED) is 0.266. The van der Waals surface area contributed by atoms with Crippen molar-refractivity contribution in [3.8, 4) is 11.6 Å². The number of anilines is 2. The lowest BCUT2D eigenvalue weighted by atomic mass is 9.93. The second-order valence-electron chi connectivity index (χ2n) is 9.84. The van der Waals surface area contributed by atoms with Gasteiger partial charge in [0.1, 0.15) is 11.6 Å². The van der Waals surface area contributed by atoms with Crippen LogP contribution in [0.1, 0.15) is 35.2 Å². The summed E-state index contributed by atoms with van der Waals surface area (Å²) in [5, 5.41) is 10.3. The molecule has 0 unspecified atom stereocenters. The van der Waals surface area contributed by atoms with Crippen LogP contribution in [0, 0.1) is 18.7 Å². The van der Waals surface area contributed by atoms with E-state index in [2.05, 4.69) is 25.6 Å². The first-order valence-corrected chi connectivity index (χ1v) is 13.8. The van der Waals surface area contributed by atoms with Crippen LogP contribution in [0.4, 0.5) is 20.7 Å². The summed E-state index contributed by atoms with van der Waals surface area (Å²) in [5.74, 6) is -0.0947. The minimum absolute atomic E-state index is 0.0203. The van der Waals surface area contributed by atoms with E-state index in [1.165, 1.54) is 34.6 Å². The number of hydrogen-bond acceptors (Lipinski definition) is 6. The molecular formula is C30H30ClFN6O3. The molecule has 0 spiro atoms. The van der Waals surface area contributed by atoms with E-state index in [1.807, 2.05) is 12.1 Å². The first-order chi connectivity index (χ1) is 19.9. The van der Waals surface area contributed by atoms with Gasteiger partial charge in [-0.2, -0.15) is 0 Å². The standard InChI is InChI=1S/C30H30ClFN6O3/c1-20-27(35-28(39)25-4-2-3-5-26(25)31)38(24-8-6-22(32)7-9-24)36-29(20)41-30(40)34-17-10-21-13-18-37(19-14-21)23-11-15-33-16-12-23/h2-9,11-12,15-16,21H,10,13-14,17-19H2,1H3,(H,34,40)(H,35,39). The van der Waals surface area contributed by atoms with Crippen molar-refractivity contribution in [3.63, 3.8) is 0 Å². The van der Waals surface area contributed by atoms with Crippen molar-refractivity contribution in [2.75, 3.05) is 29.9 Å². The Bertz CT molecular complexity index is 1500. The lowest BCUT2D eigenvalue weighted by molar-refractivity contribution is 0.102. The van der Waals surface area contributed by atoms with Crippen molar-refractivity contribution in [1.29, 1.82) is 0 Å². The summed E-state index contributed by atoms with van der Waals surface area (Å²) in [6.07, 6.45) is 5.87. The molecule has 2 aromatic heterocycles. The van der Waals surface area contributed by atoms with Crippen LogP contribution in [-0.2, 0) is 0 Å². The van der Waals surface area contributed by atoms with E-state index >= 15 is 0 Å². The zero-order valence-electron chi connectivity index (χ0n) is 22.5. The highest BCUT2D eigenvalue weighted by Crippen LogP contribution is 2.30. The predicted octanol–water partition coefficient (Wildman–Crippen LogP) is 6.02. The topological polar surface area (TPSA) is 101 Å². The third-order valence-corrected chi connectivity index (χ3v) is 7.48. The maximum Gasteiger partial charge on any atom is 0.414 e. The number of nitrogens with zero attached hydrogens (tertiary/aromatic N) is 4. The summed E-state index contributed by atoms with van der Waals surface area (Å²) in [7, 11) is 0. The highest BCUT2D eigenvalue weighted by molar-refractivity contribution is 6.34. The first-order valence-electron chi connectivity index (χ1n) is 13.4. The fourth-order valence-electron chi connectivity index (χ4n) is 4.85. The highest BCUT2D eigenvalue weighted by atomic mass is 35.5. The van der Waals surface area contributed by atoms with E-state index in [9.17, 15) is 14.0 Å². The molecule has 3 heterocycles. The van der Waals surface area contributed by atoms with Gasteiger partial charge in [0, 0.05) is 37.7 Å². The van der Waals surface area contributed by atoms with Crippen LogP contribution < -0.4 is 20.3 Å². The number of halogens is 2. The molecule has 212 valence electrons. The van der Waals surface area contributed by atoms with Gasteiger partial charge in [0.25, 0.3) is 5.91 Å². The molecule has 41 heavy (non-hydrogen) atoms. The molecule has 0 saturated carbocycles. The van der Waals surface area contributed by atoms with Crippen molar-refractivity contribution >= 4 is 35.1 Å². The van der Waals surface area contributed by atoms with Crippen molar-refractivity contribution in [2.45, 2.75) is 26.2 Å². The number of hydrogen-bond donors (Lipinski definition) is 2. The van der Waals surface area contributed by atoms with E-state index in [1.54, 1.807) is 43.6 Å².